The lowest BCUT2D eigenvalue weighted by Crippen LogP contribution is -1.91. The lowest BCUT2D eigenvalue weighted by atomic mass is 10.2. The van der Waals surface area contributed by atoms with E-state index in [1.165, 1.54) is 32.8 Å². The largest absolute Gasteiger partial charge is 0.327 e. The Bertz CT molecular complexity index is 386. The molecule has 0 amide bonds. The number of allylic oxidation sites excluding steroid dienone is 6. The maximum atomic E-state index is 11.2. The van der Waals surface area contributed by atoms with Crippen LogP contribution in [0.25, 0.3) is 0 Å². The first kappa shape index (κ1) is 22.4. The highest BCUT2D eigenvalue weighted by atomic mass is 31.2. The third-order valence-electron chi connectivity index (χ3n) is 3.62. The molecule has 134 valence electrons. The smallest absolute Gasteiger partial charge is 0.324 e. The van der Waals surface area contributed by atoms with E-state index in [2.05, 4.69) is 47.9 Å². The van der Waals surface area contributed by atoms with Crippen molar-refractivity contribution in [2.75, 3.05) is 13.3 Å². The van der Waals surface area contributed by atoms with E-state index < -0.39 is 7.60 Å². The van der Waals surface area contributed by atoms with Crippen LogP contribution in [0, 0.1) is 0 Å². The summed E-state index contributed by atoms with van der Waals surface area (Å²) < 4.78 is 15.8. The molecule has 0 aromatic rings. The summed E-state index contributed by atoms with van der Waals surface area (Å²) in [6, 6.07) is 0. The molecule has 1 unspecified atom stereocenters. The molecule has 0 radical (unpaired) electrons. The van der Waals surface area contributed by atoms with Gasteiger partial charge >= 0.3 is 7.60 Å². The van der Waals surface area contributed by atoms with Gasteiger partial charge in [-0.15, -0.1) is 0 Å². The van der Waals surface area contributed by atoms with Crippen molar-refractivity contribution in [3.63, 3.8) is 0 Å². The highest BCUT2D eigenvalue weighted by molar-refractivity contribution is 7.52. The predicted molar refractivity (Wildman–Crippen MR) is 101 cm³/mol. The van der Waals surface area contributed by atoms with Crippen LogP contribution in [0.15, 0.2) is 36.5 Å². The van der Waals surface area contributed by atoms with Crippen molar-refractivity contribution in [1.82, 2.24) is 0 Å². The average Bonchev–Trinajstić information content (AvgIpc) is 2.54. The van der Waals surface area contributed by atoms with Gasteiger partial charge in [-0.1, -0.05) is 62.6 Å². The average molecular weight is 342 g/mol. The van der Waals surface area contributed by atoms with Crippen LogP contribution in [0.4, 0.5) is 0 Å². The molecule has 23 heavy (non-hydrogen) atoms. The molecule has 3 nitrogen and oxygen atoms in total. The van der Waals surface area contributed by atoms with Gasteiger partial charge in [0.2, 0.25) is 0 Å². The van der Waals surface area contributed by atoms with Gasteiger partial charge in [0.1, 0.15) is 0 Å². The highest BCUT2D eigenvalue weighted by Gasteiger charge is 2.15. The Morgan fingerprint density at radius 3 is 1.87 bits per heavy atom. The molecule has 0 aliphatic carbocycles. The maximum Gasteiger partial charge on any atom is 0.327 e. The third kappa shape index (κ3) is 17.6. The van der Waals surface area contributed by atoms with E-state index in [0.717, 1.165) is 38.5 Å². The van der Waals surface area contributed by atoms with Gasteiger partial charge in [0.05, 0.1) is 0 Å². The number of unbranched alkanes of at least 4 members (excludes halogenated alkanes) is 6. The van der Waals surface area contributed by atoms with Crippen molar-refractivity contribution in [2.24, 2.45) is 0 Å². The Morgan fingerprint density at radius 1 is 0.826 bits per heavy atom. The van der Waals surface area contributed by atoms with Gasteiger partial charge in [-0.25, -0.2) is 0 Å². The second kappa shape index (κ2) is 16.2. The summed E-state index contributed by atoms with van der Waals surface area (Å²) in [6.45, 7) is 2.23. The zero-order chi connectivity index (χ0) is 17.2. The van der Waals surface area contributed by atoms with Crippen LogP contribution in [0.5, 0.6) is 0 Å². The zero-order valence-corrected chi connectivity index (χ0v) is 15.8. The first-order valence-electron chi connectivity index (χ1n) is 8.95. The van der Waals surface area contributed by atoms with E-state index >= 15 is 0 Å². The highest BCUT2D eigenvalue weighted by Crippen LogP contribution is 2.41. The van der Waals surface area contributed by atoms with Crippen molar-refractivity contribution in [2.45, 2.75) is 71.1 Å². The molecular formula is C19H35O3P. The van der Waals surface area contributed by atoms with Crippen molar-refractivity contribution >= 4 is 7.60 Å². The molecule has 0 bridgehead atoms. The molecule has 0 aromatic heterocycles. The quantitative estimate of drug-likeness (QED) is 0.212. The molecule has 0 saturated carbocycles. The van der Waals surface area contributed by atoms with E-state index in [4.69, 9.17) is 0 Å². The van der Waals surface area contributed by atoms with E-state index in [0.29, 0.717) is 0 Å². The lowest BCUT2D eigenvalue weighted by molar-refractivity contribution is 0.314. The Morgan fingerprint density at radius 2 is 1.35 bits per heavy atom. The number of hydrogen-bond donors (Lipinski definition) is 1. The van der Waals surface area contributed by atoms with Crippen LogP contribution in [0.2, 0.25) is 0 Å². The Labute approximate surface area is 143 Å². The molecule has 0 rings (SSSR count). The van der Waals surface area contributed by atoms with Crippen molar-refractivity contribution in [3.8, 4) is 0 Å². The van der Waals surface area contributed by atoms with Crippen LogP contribution < -0.4 is 0 Å². The Hall–Kier alpha value is -0.630. The van der Waals surface area contributed by atoms with Gasteiger partial charge in [0, 0.05) is 13.3 Å². The summed E-state index contributed by atoms with van der Waals surface area (Å²) in [7, 11) is -2.00. The standard InChI is InChI=1S/C19H35O3P/c1-3-4-5-6-7-8-9-10-11-12-13-14-15-16-17-18-19-23(20,21)22-2/h7-8,10-11,13-14H,3-6,9,12,15-19H2,1-2H3,(H,20,21)/b8-7+,11-10+,14-13+. The zero-order valence-electron chi connectivity index (χ0n) is 15.0. The first-order chi connectivity index (χ1) is 11.1. The minimum atomic E-state index is -3.29. The molecule has 0 fully saturated rings. The Kier molecular flexibility index (Phi) is 15.8. The van der Waals surface area contributed by atoms with E-state index in [9.17, 15) is 9.46 Å². The van der Waals surface area contributed by atoms with Crippen LogP contribution in [-0.2, 0) is 9.09 Å². The van der Waals surface area contributed by atoms with E-state index in [1.54, 1.807) is 0 Å². The fourth-order valence-electron chi connectivity index (χ4n) is 2.13. The van der Waals surface area contributed by atoms with Gasteiger partial charge in [0.15, 0.2) is 0 Å². The van der Waals surface area contributed by atoms with Gasteiger partial charge in [-0.3, -0.25) is 4.57 Å². The van der Waals surface area contributed by atoms with Crippen molar-refractivity contribution in [1.29, 1.82) is 0 Å². The first-order valence-corrected chi connectivity index (χ1v) is 10.7. The normalized spacial score (nSPS) is 15.1. The van der Waals surface area contributed by atoms with E-state index in [1.807, 2.05) is 0 Å². The maximum absolute atomic E-state index is 11.2. The molecule has 0 heterocycles. The molecule has 0 aliphatic rings. The summed E-state index contributed by atoms with van der Waals surface area (Å²) in [6.07, 6.45) is 24.5. The lowest BCUT2D eigenvalue weighted by Gasteiger charge is -2.07. The molecule has 1 N–H and O–H groups in total. The summed E-state index contributed by atoms with van der Waals surface area (Å²) in [4.78, 5) is 9.25. The molecular weight excluding hydrogens is 307 g/mol. The summed E-state index contributed by atoms with van der Waals surface area (Å²) >= 11 is 0. The molecule has 0 aromatic carbocycles. The van der Waals surface area contributed by atoms with Crippen LogP contribution >= 0.6 is 7.60 Å². The van der Waals surface area contributed by atoms with Crippen LogP contribution in [0.1, 0.15) is 71.1 Å². The number of rotatable bonds is 15. The molecule has 0 spiro atoms. The molecule has 1 atom stereocenters. The second-order valence-corrected chi connectivity index (χ2v) is 7.86. The van der Waals surface area contributed by atoms with Gasteiger partial charge < -0.3 is 9.42 Å². The van der Waals surface area contributed by atoms with Gasteiger partial charge in [-0.2, -0.15) is 0 Å². The monoisotopic (exact) mass is 342 g/mol. The summed E-state index contributed by atoms with van der Waals surface area (Å²) in [5, 5.41) is 0. The second-order valence-electron chi connectivity index (χ2n) is 5.77. The Balaban J connectivity index is 3.40. The predicted octanol–water partition coefficient (Wildman–Crippen LogP) is 6.41. The fourth-order valence-corrected chi connectivity index (χ4v) is 2.94. The van der Waals surface area contributed by atoms with Gasteiger partial charge in [-0.05, 0) is 44.9 Å². The third-order valence-corrected chi connectivity index (χ3v) is 5.07. The molecule has 0 saturated heterocycles. The topological polar surface area (TPSA) is 46.5 Å². The van der Waals surface area contributed by atoms with Crippen molar-refractivity contribution < 1.29 is 14.0 Å². The number of hydrogen-bond acceptors (Lipinski definition) is 2. The molecule has 4 heteroatoms. The van der Waals surface area contributed by atoms with Crippen molar-refractivity contribution in [3.05, 3.63) is 36.5 Å². The van der Waals surface area contributed by atoms with Gasteiger partial charge in [0.25, 0.3) is 0 Å². The molecule has 0 aliphatic heterocycles. The van der Waals surface area contributed by atoms with Crippen LogP contribution in [0.3, 0.4) is 0 Å². The summed E-state index contributed by atoms with van der Waals surface area (Å²) in [5.41, 5.74) is 0. The SMILES string of the molecule is CCCCC/C=C/C/C=C/C/C=C/CCCCCP(=O)(O)OC. The fraction of sp³-hybridized carbons (Fsp3) is 0.684. The van der Waals surface area contributed by atoms with E-state index in [-0.39, 0.29) is 6.16 Å². The minimum Gasteiger partial charge on any atom is -0.324 e. The summed E-state index contributed by atoms with van der Waals surface area (Å²) in [5.74, 6) is 0. The minimum absolute atomic E-state index is 0.266. The van der Waals surface area contributed by atoms with Crippen LogP contribution in [-0.4, -0.2) is 18.2 Å².